The number of carbonyl (C=O) groups excluding carboxylic acids is 1. The molecule has 0 N–H and O–H groups in total. The molecule has 0 radical (unpaired) electrons. The zero-order valence-electron chi connectivity index (χ0n) is 7.80. The molecule has 0 rings (SSSR count). The van der Waals surface area contributed by atoms with Gasteiger partial charge in [-0.2, -0.15) is 0 Å². The molecular weight excluding hydrogens is 172 g/mol. The van der Waals surface area contributed by atoms with Gasteiger partial charge in [0.25, 0.3) is 5.24 Å². The summed E-state index contributed by atoms with van der Waals surface area (Å²) in [5.74, 6) is 0. The maximum absolute atomic E-state index is 10.5. The van der Waals surface area contributed by atoms with E-state index in [0.29, 0.717) is 5.57 Å². The van der Waals surface area contributed by atoms with Crippen LogP contribution in [-0.2, 0) is 4.79 Å². The second kappa shape index (κ2) is 10.2. The molecule has 0 aliphatic rings. The van der Waals surface area contributed by atoms with Crippen molar-refractivity contribution in [1.29, 1.82) is 0 Å². The van der Waals surface area contributed by atoms with Crippen LogP contribution in [-0.4, -0.2) is 5.24 Å². The van der Waals surface area contributed by atoms with Gasteiger partial charge in [0.2, 0.25) is 0 Å². The number of hydrogen-bond acceptors (Lipinski definition) is 1. The summed E-state index contributed by atoms with van der Waals surface area (Å²) >= 11 is 5.17. The third-order valence-corrected chi connectivity index (χ3v) is 1.13. The average Bonchev–Trinajstić information content (AvgIpc) is 2.09. The van der Waals surface area contributed by atoms with Crippen molar-refractivity contribution in [2.24, 2.45) is 0 Å². The van der Waals surface area contributed by atoms with E-state index in [4.69, 9.17) is 11.6 Å². The van der Waals surface area contributed by atoms with Crippen LogP contribution in [0, 0.1) is 0 Å². The molecule has 0 aliphatic carbocycles. The van der Waals surface area contributed by atoms with Crippen LogP contribution in [0.4, 0.5) is 0 Å². The van der Waals surface area contributed by atoms with E-state index in [2.05, 4.69) is 6.58 Å². The van der Waals surface area contributed by atoms with Crippen LogP contribution >= 0.6 is 11.6 Å². The van der Waals surface area contributed by atoms with E-state index < -0.39 is 5.24 Å². The first kappa shape index (κ1) is 13.7. The Morgan fingerprint density at radius 1 is 1.42 bits per heavy atom. The molecule has 0 saturated heterocycles. The Balaban J connectivity index is 0. The molecule has 0 bridgehead atoms. The molecule has 68 valence electrons. The van der Waals surface area contributed by atoms with Crippen LogP contribution < -0.4 is 0 Å². The van der Waals surface area contributed by atoms with Gasteiger partial charge in [-0.15, -0.1) is 0 Å². The normalized spacial score (nSPS) is 10.5. The Bertz CT molecular complexity index is 190. The molecule has 1 nitrogen and oxygen atoms in total. The summed E-state index contributed by atoms with van der Waals surface area (Å²) in [6, 6.07) is 0. The Morgan fingerprint density at radius 3 is 2.17 bits per heavy atom. The fourth-order valence-corrected chi connectivity index (χ4v) is 0.554. The number of carbonyl (C=O) groups is 1. The van der Waals surface area contributed by atoms with Crippen molar-refractivity contribution in [2.75, 3.05) is 0 Å². The molecular formula is C10H15ClO. The van der Waals surface area contributed by atoms with Gasteiger partial charge in [0.1, 0.15) is 0 Å². The Hall–Kier alpha value is -0.820. The van der Waals surface area contributed by atoms with Crippen molar-refractivity contribution in [1.82, 2.24) is 0 Å². The molecule has 0 aliphatic heterocycles. The van der Waals surface area contributed by atoms with Gasteiger partial charge >= 0.3 is 0 Å². The first-order valence-corrected chi connectivity index (χ1v) is 4.25. The molecule has 0 aromatic heterocycles. The predicted octanol–water partition coefficient (Wildman–Crippen LogP) is 3.47. The highest BCUT2D eigenvalue weighted by Gasteiger charge is 1.97. The molecule has 0 aromatic rings. The van der Waals surface area contributed by atoms with Crippen LogP contribution in [0.5, 0.6) is 0 Å². The monoisotopic (exact) mass is 186 g/mol. The van der Waals surface area contributed by atoms with E-state index in [9.17, 15) is 4.79 Å². The molecule has 2 heteroatoms. The average molecular weight is 187 g/mol. The van der Waals surface area contributed by atoms with E-state index in [1.54, 1.807) is 12.2 Å². The molecule has 0 amide bonds. The Kier molecular flexibility index (Phi) is 11.7. The summed E-state index contributed by atoms with van der Waals surface area (Å²) in [5, 5.41) is -0.479. The smallest absolute Gasteiger partial charge is 0.252 e. The van der Waals surface area contributed by atoms with Crippen molar-refractivity contribution in [2.45, 2.75) is 20.8 Å². The van der Waals surface area contributed by atoms with Gasteiger partial charge in [-0.05, 0) is 18.5 Å². The molecule has 0 heterocycles. The number of halogens is 1. The van der Waals surface area contributed by atoms with Crippen LogP contribution in [0.2, 0.25) is 0 Å². The highest BCUT2D eigenvalue weighted by atomic mass is 35.5. The molecule has 0 saturated carbocycles. The predicted molar refractivity (Wildman–Crippen MR) is 55.3 cm³/mol. The second-order valence-electron chi connectivity index (χ2n) is 1.63. The maximum Gasteiger partial charge on any atom is 0.252 e. The zero-order chi connectivity index (χ0) is 9.98. The van der Waals surface area contributed by atoms with Crippen LogP contribution in [0.25, 0.3) is 0 Å². The van der Waals surface area contributed by atoms with E-state index in [1.807, 2.05) is 26.8 Å². The summed E-state index contributed by atoms with van der Waals surface area (Å²) in [5.41, 5.74) is 0.416. The third-order valence-electron chi connectivity index (χ3n) is 0.915. The molecule has 12 heavy (non-hydrogen) atoms. The third kappa shape index (κ3) is 7.29. The standard InChI is InChI=1S/C8H9ClO.C2H6/c1-3-5-6-7(4-2)8(9)10;1-2/h3-6H,2H2,1H3;1-2H3/b5-3-,7-6+;. The lowest BCUT2D eigenvalue weighted by Gasteiger charge is -1.87. The SMILES string of the molecule is C=C/C(=C\C=C/C)C(=O)Cl.CC. The number of allylic oxidation sites excluding steroid dienone is 5. The molecule has 0 aromatic carbocycles. The lowest BCUT2D eigenvalue weighted by Crippen LogP contribution is -1.86. The van der Waals surface area contributed by atoms with Gasteiger partial charge in [0.05, 0.1) is 0 Å². The van der Waals surface area contributed by atoms with Crippen molar-refractivity contribution in [3.05, 3.63) is 36.5 Å². The minimum atomic E-state index is -0.479. The molecule has 0 atom stereocenters. The van der Waals surface area contributed by atoms with Crippen LogP contribution in [0.3, 0.4) is 0 Å². The van der Waals surface area contributed by atoms with E-state index in [0.717, 1.165) is 0 Å². The van der Waals surface area contributed by atoms with Crippen LogP contribution in [0.15, 0.2) is 36.5 Å². The lowest BCUT2D eigenvalue weighted by molar-refractivity contribution is -0.108. The first-order chi connectivity index (χ1) is 5.72. The quantitative estimate of drug-likeness (QED) is 0.375. The zero-order valence-corrected chi connectivity index (χ0v) is 8.56. The minimum Gasteiger partial charge on any atom is -0.276 e. The summed E-state index contributed by atoms with van der Waals surface area (Å²) in [6.07, 6.45) is 6.58. The summed E-state index contributed by atoms with van der Waals surface area (Å²) in [6.45, 7) is 9.28. The van der Waals surface area contributed by atoms with Crippen molar-refractivity contribution in [3.8, 4) is 0 Å². The lowest BCUT2D eigenvalue weighted by atomic mass is 10.2. The second-order valence-corrected chi connectivity index (χ2v) is 1.97. The van der Waals surface area contributed by atoms with E-state index in [1.165, 1.54) is 6.08 Å². The number of hydrogen-bond donors (Lipinski definition) is 0. The minimum absolute atomic E-state index is 0.416. The van der Waals surface area contributed by atoms with Gasteiger partial charge in [0, 0.05) is 5.57 Å². The topological polar surface area (TPSA) is 17.1 Å². The first-order valence-electron chi connectivity index (χ1n) is 3.87. The molecule has 0 fully saturated rings. The van der Waals surface area contributed by atoms with Crippen LogP contribution in [0.1, 0.15) is 20.8 Å². The summed E-state index contributed by atoms with van der Waals surface area (Å²) in [7, 11) is 0. The molecule has 0 unspecified atom stereocenters. The van der Waals surface area contributed by atoms with Crippen molar-refractivity contribution >= 4 is 16.8 Å². The van der Waals surface area contributed by atoms with Crippen molar-refractivity contribution in [3.63, 3.8) is 0 Å². The highest BCUT2D eigenvalue weighted by Crippen LogP contribution is 2.00. The van der Waals surface area contributed by atoms with Gasteiger partial charge in [-0.25, -0.2) is 0 Å². The van der Waals surface area contributed by atoms with E-state index in [-0.39, 0.29) is 0 Å². The molecule has 0 spiro atoms. The largest absolute Gasteiger partial charge is 0.276 e. The van der Waals surface area contributed by atoms with Gasteiger partial charge in [0.15, 0.2) is 0 Å². The van der Waals surface area contributed by atoms with Gasteiger partial charge in [-0.3, -0.25) is 4.79 Å². The van der Waals surface area contributed by atoms with Crippen molar-refractivity contribution < 1.29 is 4.79 Å². The van der Waals surface area contributed by atoms with Gasteiger partial charge < -0.3 is 0 Å². The maximum atomic E-state index is 10.5. The van der Waals surface area contributed by atoms with Gasteiger partial charge in [-0.1, -0.05) is 44.7 Å². The number of rotatable bonds is 3. The van der Waals surface area contributed by atoms with E-state index >= 15 is 0 Å². The highest BCUT2D eigenvalue weighted by molar-refractivity contribution is 6.68. The Morgan fingerprint density at radius 2 is 1.92 bits per heavy atom. The Labute approximate surface area is 79.4 Å². The summed E-state index contributed by atoms with van der Waals surface area (Å²) < 4.78 is 0. The fraction of sp³-hybridized carbons (Fsp3) is 0.300. The fourth-order valence-electron chi connectivity index (χ4n) is 0.414. The summed E-state index contributed by atoms with van der Waals surface area (Å²) in [4.78, 5) is 10.5.